The van der Waals surface area contributed by atoms with Crippen LogP contribution in [0.15, 0.2) is 48.7 Å². The Bertz CT molecular complexity index is 660. The van der Waals surface area contributed by atoms with Gasteiger partial charge in [0.2, 0.25) is 5.91 Å². The number of pyridine rings is 1. The van der Waals surface area contributed by atoms with Crippen molar-refractivity contribution in [3.05, 3.63) is 59.4 Å². The molecule has 120 valence electrons. The molecule has 3 rings (SSSR count). The molecule has 1 unspecified atom stereocenters. The van der Waals surface area contributed by atoms with Crippen LogP contribution in [-0.2, 0) is 11.3 Å². The zero-order valence-electron chi connectivity index (χ0n) is 13.2. The number of likely N-dealkylation sites (N-methyl/N-ethyl adjacent to an activating group) is 1. The number of nitrogens with zero attached hydrogens (tertiary/aromatic N) is 3. The Kier molecular flexibility index (Phi) is 4.94. The lowest BCUT2D eigenvalue weighted by Gasteiger charge is -2.36. The van der Waals surface area contributed by atoms with Gasteiger partial charge in [0.25, 0.3) is 0 Å². The molecule has 0 N–H and O–H groups in total. The molecule has 2 aromatic rings. The number of anilines is 1. The number of para-hydroxylation sites is 1. The fraction of sp³-hybridized carbons (Fsp3) is 0.333. The third kappa shape index (κ3) is 3.71. The molecule has 1 aliphatic heterocycles. The molecule has 1 amide bonds. The average Bonchev–Trinajstić information content (AvgIpc) is 2.58. The van der Waals surface area contributed by atoms with Gasteiger partial charge in [0.15, 0.2) is 0 Å². The molecule has 1 fully saturated rings. The summed E-state index contributed by atoms with van der Waals surface area (Å²) in [5, 5.41) is 0.486. The molecule has 0 radical (unpaired) electrons. The number of carbonyl (C=O) groups excluding carboxylic acids is 1. The van der Waals surface area contributed by atoms with Gasteiger partial charge in [-0.05, 0) is 43.7 Å². The smallest absolute Gasteiger partial charge is 0.244 e. The van der Waals surface area contributed by atoms with E-state index in [1.807, 2.05) is 48.3 Å². The minimum Gasteiger partial charge on any atom is -0.311 e. The van der Waals surface area contributed by atoms with Crippen LogP contribution in [0.2, 0.25) is 5.15 Å². The maximum Gasteiger partial charge on any atom is 0.244 e. The molecule has 1 aromatic heterocycles. The first kappa shape index (κ1) is 16.0. The Morgan fingerprint density at radius 1 is 1.26 bits per heavy atom. The average molecular weight is 330 g/mol. The van der Waals surface area contributed by atoms with Crippen molar-refractivity contribution < 1.29 is 4.79 Å². The minimum absolute atomic E-state index is 0.0976. The van der Waals surface area contributed by atoms with E-state index in [0.29, 0.717) is 11.7 Å². The predicted molar refractivity (Wildman–Crippen MR) is 92.5 cm³/mol. The van der Waals surface area contributed by atoms with Crippen LogP contribution in [0.1, 0.15) is 18.4 Å². The summed E-state index contributed by atoms with van der Waals surface area (Å²) in [6, 6.07) is 13.5. The number of hydrogen-bond acceptors (Lipinski definition) is 3. The van der Waals surface area contributed by atoms with Crippen molar-refractivity contribution in [2.24, 2.45) is 0 Å². The quantitative estimate of drug-likeness (QED) is 0.807. The molecule has 1 saturated heterocycles. The van der Waals surface area contributed by atoms with Gasteiger partial charge in [0.05, 0.1) is 6.04 Å². The topological polar surface area (TPSA) is 36.4 Å². The van der Waals surface area contributed by atoms with Crippen LogP contribution >= 0.6 is 11.6 Å². The standard InChI is InChI=1S/C18H20ClN3O/c1-21(13-14-9-10-17(19)20-12-14)16-8-5-11-22(18(16)23)15-6-3-2-4-7-15/h2-4,6-7,9-10,12,16H,5,8,11,13H2,1H3. The van der Waals surface area contributed by atoms with Gasteiger partial charge >= 0.3 is 0 Å². The minimum atomic E-state index is -0.0976. The monoisotopic (exact) mass is 329 g/mol. The number of rotatable bonds is 4. The van der Waals surface area contributed by atoms with Crippen molar-refractivity contribution in [2.75, 3.05) is 18.5 Å². The fourth-order valence-electron chi connectivity index (χ4n) is 3.03. The van der Waals surface area contributed by atoms with Crippen LogP contribution in [0.3, 0.4) is 0 Å². The van der Waals surface area contributed by atoms with E-state index in [2.05, 4.69) is 9.88 Å². The van der Waals surface area contributed by atoms with Crippen molar-refractivity contribution in [2.45, 2.75) is 25.4 Å². The zero-order chi connectivity index (χ0) is 16.2. The maximum atomic E-state index is 12.9. The third-order valence-electron chi connectivity index (χ3n) is 4.23. The molecular weight excluding hydrogens is 310 g/mol. The van der Waals surface area contributed by atoms with Crippen LogP contribution in [0.5, 0.6) is 0 Å². The summed E-state index contributed by atoms with van der Waals surface area (Å²) >= 11 is 5.82. The molecule has 0 bridgehead atoms. The second-order valence-corrected chi connectivity index (χ2v) is 6.27. The van der Waals surface area contributed by atoms with Crippen molar-refractivity contribution in [1.82, 2.24) is 9.88 Å². The van der Waals surface area contributed by atoms with E-state index < -0.39 is 0 Å². The first-order valence-corrected chi connectivity index (χ1v) is 8.20. The van der Waals surface area contributed by atoms with E-state index in [1.54, 1.807) is 12.3 Å². The van der Waals surface area contributed by atoms with E-state index in [9.17, 15) is 4.79 Å². The molecule has 0 saturated carbocycles. The Balaban J connectivity index is 1.71. The number of carbonyl (C=O) groups is 1. The Morgan fingerprint density at radius 3 is 2.74 bits per heavy atom. The molecule has 4 nitrogen and oxygen atoms in total. The Morgan fingerprint density at radius 2 is 2.04 bits per heavy atom. The zero-order valence-corrected chi connectivity index (χ0v) is 13.9. The van der Waals surface area contributed by atoms with Gasteiger partial charge in [-0.2, -0.15) is 0 Å². The number of halogens is 1. The highest BCUT2D eigenvalue weighted by Gasteiger charge is 2.32. The molecular formula is C18H20ClN3O. The summed E-state index contributed by atoms with van der Waals surface area (Å²) in [5.41, 5.74) is 2.03. The van der Waals surface area contributed by atoms with Gasteiger partial charge in [-0.25, -0.2) is 4.98 Å². The maximum absolute atomic E-state index is 12.9. The summed E-state index contributed by atoms with van der Waals surface area (Å²) < 4.78 is 0. The van der Waals surface area contributed by atoms with E-state index in [-0.39, 0.29) is 11.9 Å². The highest BCUT2D eigenvalue weighted by Crippen LogP contribution is 2.24. The van der Waals surface area contributed by atoms with Crippen LogP contribution in [0.4, 0.5) is 5.69 Å². The SMILES string of the molecule is CN(Cc1ccc(Cl)nc1)C1CCCN(c2ccccc2)C1=O. The fourth-order valence-corrected chi connectivity index (χ4v) is 3.14. The second-order valence-electron chi connectivity index (χ2n) is 5.89. The molecule has 0 aliphatic carbocycles. The number of aromatic nitrogens is 1. The summed E-state index contributed by atoms with van der Waals surface area (Å²) in [6.45, 7) is 1.47. The van der Waals surface area contributed by atoms with E-state index in [1.165, 1.54) is 0 Å². The normalized spacial score (nSPS) is 18.5. The summed E-state index contributed by atoms with van der Waals surface area (Å²) in [7, 11) is 1.99. The van der Waals surface area contributed by atoms with Crippen molar-refractivity contribution in [3.63, 3.8) is 0 Å². The van der Waals surface area contributed by atoms with Gasteiger partial charge in [0, 0.05) is 25.0 Å². The van der Waals surface area contributed by atoms with Crippen molar-refractivity contribution in [3.8, 4) is 0 Å². The molecule has 1 aromatic carbocycles. The van der Waals surface area contributed by atoms with Crippen LogP contribution in [0.25, 0.3) is 0 Å². The summed E-state index contributed by atoms with van der Waals surface area (Å²) in [4.78, 5) is 21.0. The Hall–Kier alpha value is -1.91. The predicted octanol–water partition coefficient (Wildman–Crippen LogP) is 3.36. The van der Waals surface area contributed by atoms with E-state index in [4.69, 9.17) is 11.6 Å². The largest absolute Gasteiger partial charge is 0.311 e. The second kappa shape index (κ2) is 7.11. The Labute approximate surface area is 141 Å². The number of benzene rings is 1. The van der Waals surface area contributed by atoms with Gasteiger partial charge in [-0.15, -0.1) is 0 Å². The van der Waals surface area contributed by atoms with Crippen molar-refractivity contribution in [1.29, 1.82) is 0 Å². The van der Waals surface area contributed by atoms with Crippen molar-refractivity contribution >= 4 is 23.2 Å². The molecule has 23 heavy (non-hydrogen) atoms. The van der Waals surface area contributed by atoms with Crippen LogP contribution < -0.4 is 4.90 Å². The van der Waals surface area contributed by atoms with Gasteiger partial charge in [-0.1, -0.05) is 35.9 Å². The lowest BCUT2D eigenvalue weighted by atomic mass is 10.0. The molecule has 1 atom stereocenters. The summed E-state index contributed by atoms with van der Waals surface area (Å²) in [6.07, 6.45) is 3.66. The molecule has 1 aliphatic rings. The van der Waals surface area contributed by atoms with Gasteiger partial charge < -0.3 is 4.90 Å². The number of amides is 1. The van der Waals surface area contributed by atoms with Crippen LogP contribution in [0, 0.1) is 0 Å². The van der Waals surface area contributed by atoms with E-state index >= 15 is 0 Å². The van der Waals surface area contributed by atoms with E-state index in [0.717, 1.165) is 30.6 Å². The van der Waals surface area contributed by atoms with Gasteiger partial charge in [-0.3, -0.25) is 9.69 Å². The number of piperidine rings is 1. The van der Waals surface area contributed by atoms with Gasteiger partial charge in [0.1, 0.15) is 5.15 Å². The third-order valence-corrected chi connectivity index (χ3v) is 4.45. The highest BCUT2D eigenvalue weighted by molar-refractivity contribution is 6.29. The first-order valence-electron chi connectivity index (χ1n) is 7.82. The number of hydrogen-bond donors (Lipinski definition) is 0. The summed E-state index contributed by atoms with van der Waals surface area (Å²) in [5.74, 6) is 0.173. The van der Waals surface area contributed by atoms with Crippen LogP contribution in [-0.4, -0.2) is 35.4 Å². The lowest BCUT2D eigenvalue weighted by Crippen LogP contribution is -2.51. The molecule has 5 heteroatoms. The highest BCUT2D eigenvalue weighted by atomic mass is 35.5. The lowest BCUT2D eigenvalue weighted by molar-refractivity contribution is -0.125. The first-order chi connectivity index (χ1) is 11.1. The molecule has 2 heterocycles. The molecule has 0 spiro atoms.